The fourth-order valence-corrected chi connectivity index (χ4v) is 1.78. The Kier molecular flexibility index (Phi) is 6.71. The lowest BCUT2D eigenvalue weighted by Crippen LogP contribution is -2.24. The van der Waals surface area contributed by atoms with Crippen molar-refractivity contribution in [1.29, 1.82) is 0 Å². The number of pyridine rings is 1. The Morgan fingerprint density at radius 2 is 2.05 bits per heavy atom. The van der Waals surface area contributed by atoms with Gasteiger partial charge in [-0.3, -0.25) is 9.59 Å². The van der Waals surface area contributed by atoms with Gasteiger partial charge < -0.3 is 14.4 Å². The highest BCUT2D eigenvalue weighted by Gasteiger charge is 2.06. The van der Waals surface area contributed by atoms with Crippen molar-refractivity contribution in [2.45, 2.75) is 45.6 Å². The SMILES string of the molecule is CCCCCCCOc1cccn(CC(=O)O)c1=O. The minimum atomic E-state index is -1.04. The van der Waals surface area contributed by atoms with E-state index < -0.39 is 11.5 Å². The van der Waals surface area contributed by atoms with Gasteiger partial charge in [-0.05, 0) is 18.6 Å². The summed E-state index contributed by atoms with van der Waals surface area (Å²) in [4.78, 5) is 22.4. The third-order valence-corrected chi connectivity index (χ3v) is 2.80. The number of hydrogen-bond acceptors (Lipinski definition) is 3. The van der Waals surface area contributed by atoms with Crippen LogP contribution in [0.1, 0.15) is 39.0 Å². The molecule has 5 nitrogen and oxygen atoms in total. The Morgan fingerprint density at radius 3 is 2.74 bits per heavy atom. The summed E-state index contributed by atoms with van der Waals surface area (Å²) in [5.41, 5.74) is -0.390. The molecule has 0 aliphatic carbocycles. The molecule has 106 valence electrons. The van der Waals surface area contributed by atoms with Gasteiger partial charge in [-0.2, -0.15) is 0 Å². The zero-order chi connectivity index (χ0) is 14.1. The molecule has 0 bridgehead atoms. The Bertz CT molecular complexity index is 453. The molecule has 0 aliphatic heterocycles. The Morgan fingerprint density at radius 1 is 1.32 bits per heavy atom. The van der Waals surface area contributed by atoms with Crippen LogP contribution >= 0.6 is 0 Å². The number of hydrogen-bond donors (Lipinski definition) is 1. The quantitative estimate of drug-likeness (QED) is 0.697. The largest absolute Gasteiger partial charge is 0.488 e. The molecule has 0 spiro atoms. The summed E-state index contributed by atoms with van der Waals surface area (Å²) < 4.78 is 6.55. The molecule has 1 rings (SSSR count). The van der Waals surface area contributed by atoms with Crippen molar-refractivity contribution in [3.63, 3.8) is 0 Å². The summed E-state index contributed by atoms with van der Waals surface area (Å²) in [5.74, 6) is -0.821. The lowest BCUT2D eigenvalue weighted by molar-refractivity contribution is -0.137. The lowest BCUT2D eigenvalue weighted by Gasteiger charge is -2.07. The summed E-state index contributed by atoms with van der Waals surface area (Å²) >= 11 is 0. The maximum atomic E-state index is 11.8. The molecule has 0 radical (unpaired) electrons. The summed E-state index contributed by atoms with van der Waals surface area (Å²) in [6.45, 7) is 2.31. The zero-order valence-corrected chi connectivity index (χ0v) is 11.3. The highest BCUT2D eigenvalue weighted by molar-refractivity contribution is 5.66. The van der Waals surface area contributed by atoms with Crippen LogP contribution in [0.2, 0.25) is 0 Å². The summed E-state index contributed by atoms with van der Waals surface area (Å²) in [7, 11) is 0. The standard InChI is InChI=1S/C14H21NO4/c1-2-3-4-5-6-10-19-12-8-7-9-15(14(12)18)11-13(16)17/h7-9H,2-6,10-11H2,1H3,(H,16,17). The van der Waals surface area contributed by atoms with Crippen LogP contribution < -0.4 is 10.3 Å². The number of carboxylic acids is 1. The van der Waals surface area contributed by atoms with Crippen molar-refractivity contribution in [2.24, 2.45) is 0 Å². The van der Waals surface area contributed by atoms with Crippen LogP contribution in [0, 0.1) is 0 Å². The van der Waals surface area contributed by atoms with Gasteiger partial charge >= 0.3 is 5.97 Å². The highest BCUT2D eigenvalue weighted by Crippen LogP contribution is 2.06. The normalized spacial score (nSPS) is 10.4. The molecule has 5 heteroatoms. The number of aliphatic carboxylic acids is 1. The number of ether oxygens (including phenoxy) is 1. The van der Waals surface area contributed by atoms with Crippen LogP contribution in [0.5, 0.6) is 5.75 Å². The number of carbonyl (C=O) groups is 1. The van der Waals surface area contributed by atoms with Gasteiger partial charge in [-0.15, -0.1) is 0 Å². The average molecular weight is 267 g/mol. The van der Waals surface area contributed by atoms with Gasteiger partial charge in [0.05, 0.1) is 6.61 Å². The number of nitrogens with zero attached hydrogens (tertiary/aromatic N) is 1. The van der Waals surface area contributed by atoms with Crippen LogP contribution in [-0.2, 0) is 11.3 Å². The molecule has 1 N–H and O–H groups in total. The predicted molar refractivity (Wildman–Crippen MR) is 72.6 cm³/mol. The second-order valence-electron chi connectivity index (χ2n) is 4.46. The van der Waals surface area contributed by atoms with E-state index in [2.05, 4.69) is 6.92 Å². The van der Waals surface area contributed by atoms with Gasteiger partial charge in [-0.1, -0.05) is 32.6 Å². The summed E-state index contributed by atoms with van der Waals surface area (Å²) in [6, 6.07) is 3.20. The van der Waals surface area contributed by atoms with Gasteiger partial charge in [0.1, 0.15) is 6.54 Å². The summed E-state index contributed by atoms with van der Waals surface area (Å²) in [6.07, 6.45) is 7.04. The van der Waals surface area contributed by atoms with Crippen molar-refractivity contribution in [3.05, 3.63) is 28.7 Å². The zero-order valence-electron chi connectivity index (χ0n) is 11.3. The molecule has 19 heavy (non-hydrogen) atoms. The van der Waals surface area contributed by atoms with Crippen LogP contribution in [0.15, 0.2) is 23.1 Å². The smallest absolute Gasteiger partial charge is 0.323 e. The first-order chi connectivity index (χ1) is 9.15. The predicted octanol–water partition coefficient (Wildman–Crippen LogP) is 2.28. The van der Waals surface area contributed by atoms with Crippen molar-refractivity contribution in [1.82, 2.24) is 4.57 Å². The van der Waals surface area contributed by atoms with E-state index in [0.29, 0.717) is 6.61 Å². The van der Waals surface area contributed by atoms with E-state index >= 15 is 0 Å². The molecule has 0 unspecified atom stereocenters. The minimum absolute atomic E-state index is 0.222. The topological polar surface area (TPSA) is 68.5 Å². The fourth-order valence-electron chi connectivity index (χ4n) is 1.78. The molecule has 1 aromatic rings. The molecule has 1 aromatic heterocycles. The van der Waals surface area contributed by atoms with Gasteiger partial charge in [0.25, 0.3) is 5.56 Å². The van der Waals surface area contributed by atoms with Crippen LogP contribution in [0.3, 0.4) is 0 Å². The lowest BCUT2D eigenvalue weighted by atomic mass is 10.2. The Labute approximate surface area is 112 Å². The molecule has 0 saturated carbocycles. The van der Waals surface area contributed by atoms with Gasteiger partial charge in [-0.25, -0.2) is 0 Å². The molecular formula is C14H21NO4. The minimum Gasteiger partial charge on any atom is -0.488 e. The van der Waals surface area contributed by atoms with E-state index in [4.69, 9.17) is 9.84 Å². The molecule has 0 atom stereocenters. The first-order valence-corrected chi connectivity index (χ1v) is 6.69. The Hall–Kier alpha value is -1.78. The second kappa shape index (κ2) is 8.34. The number of aromatic nitrogens is 1. The summed E-state index contributed by atoms with van der Waals surface area (Å²) in [5, 5.41) is 8.68. The van der Waals surface area contributed by atoms with E-state index in [9.17, 15) is 9.59 Å². The maximum absolute atomic E-state index is 11.8. The molecular weight excluding hydrogens is 246 g/mol. The average Bonchev–Trinajstić information content (AvgIpc) is 2.37. The number of carboxylic acid groups (broad SMARTS) is 1. The molecule has 0 fully saturated rings. The number of unbranched alkanes of at least 4 members (excludes halogenated alkanes) is 4. The molecule has 0 aliphatic rings. The first kappa shape index (κ1) is 15.3. The third kappa shape index (κ3) is 5.59. The second-order valence-corrected chi connectivity index (χ2v) is 4.46. The van der Waals surface area contributed by atoms with Crippen LogP contribution in [0.4, 0.5) is 0 Å². The van der Waals surface area contributed by atoms with Crippen molar-refractivity contribution in [2.75, 3.05) is 6.61 Å². The van der Waals surface area contributed by atoms with Crippen molar-refractivity contribution >= 4 is 5.97 Å². The van der Waals surface area contributed by atoms with E-state index in [-0.39, 0.29) is 12.3 Å². The van der Waals surface area contributed by atoms with Crippen LogP contribution in [-0.4, -0.2) is 22.2 Å². The van der Waals surface area contributed by atoms with Crippen molar-refractivity contribution < 1.29 is 14.6 Å². The fraction of sp³-hybridized carbons (Fsp3) is 0.571. The highest BCUT2D eigenvalue weighted by atomic mass is 16.5. The van der Waals surface area contributed by atoms with E-state index in [0.717, 1.165) is 17.4 Å². The van der Waals surface area contributed by atoms with Gasteiger partial charge in [0.2, 0.25) is 0 Å². The molecule has 0 amide bonds. The van der Waals surface area contributed by atoms with E-state index in [1.165, 1.54) is 25.5 Å². The molecule has 0 aromatic carbocycles. The van der Waals surface area contributed by atoms with E-state index in [1.807, 2.05) is 0 Å². The van der Waals surface area contributed by atoms with Gasteiger partial charge in [0.15, 0.2) is 5.75 Å². The van der Waals surface area contributed by atoms with Crippen LogP contribution in [0.25, 0.3) is 0 Å². The number of rotatable bonds is 9. The monoisotopic (exact) mass is 267 g/mol. The maximum Gasteiger partial charge on any atom is 0.323 e. The van der Waals surface area contributed by atoms with Gasteiger partial charge in [0, 0.05) is 6.20 Å². The van der Waals surface area contributed by atoms with Crippen molar-refractivity contribution in [3.8, 4) is 5.75 Å². The molecule has 0 saturated heterocycles. The third-order valence-electron chi connectivity index (χ3n) is 2.80. The molecule has 1 heterocycles. The Balaban J connectivity index is 2.45. The van der Waals surface area contributed by atoms with E-state index in [1.54, 1.807) is 12.1 Å². The first-order valence-electron chi connectivity index (χ1n) is 6.69.